The van der Waals surface area contributed by atoms with Crippen molar-refractivity contribution in [3.63, 3.8) is 0 Å². The second kappa shape index (κ2) is 6.47. The number of nitrogens with two attached hydrogens (primary N) is 1. The number of rotatable bonds is 4. The summed E-state index contributed by atoms with van der Waals surface area (Å²) in [5, 5.41) is 0.462. The lowest BCUT2D eigenvalue weighted by molar-refractivity contribution is 0.0559. The maximum atomic E-state index is 12.2. The third-order valence-electron chi connectivity index (χ3n) is 3.25. The minimum atomic E-state index is -0.468. The molecule has 4 heteroatoms. The number of carbonyl (C=O) groups excluding carboxylic acids is 1. The van der Waals surface area contributed by atoms with Gasteiger partial charge in [-0.1, -0.05) is 37.1 Å². The Morgan fingerprint density at radius 2 is 2.05 bits per heavy atom. The molecule has 0 aliphatic rings. The van der Waals surface area contributed by atoms with Crippen molar-refractivity contribution in [3.05, 3.63) is 40.3 Å². The Morgan fingerprint density at radius 1 is 1.38 bits per heavy atom. The van der Waals surface area contributed by atoms with Gasteiger partial charge in [-0.2, -0.15) is 0 Å². The summed E-state index contributed by atoms with van der Waals surface area (Å²) in [7, 11) is 0. The molecule has 0 unspecified atom stereocenters. The Balaban J connectivity index is 2.47. The van der Waals surface area contributed by atoms with Crippen molar-refractivity contribution in [1.82, 2.24) is 0 Å². The second-order valence-electron chi connectivity index (χ2n) is 4.60. The quantitative estimate of drug-likeness (QED) is 0.692. The van der Waals surface area contributed by atoms with Crippen molar-refractivity contribution >= 4 is 22.3 Å². The van der Waals surface area contributed by atoms with Gasteiger partial charge in [-0.25, -0.2) is 4.79 Å². The summed E-state index contributed by atoms with van der Waals surface area (Å²) < 4.78 is 5.03. The van der Waals surface area contributed by atoms with Crippen LogP contribution in [0.4, 0.5) is 5.00 Å². The highest BCUT2D eigenvalue weighted by atomic mass is 32.1. The van der Waals surface area contributed by atoms with Crippen molar-refractivity contribution < 1.29 is 9.53 Å². The van der Waals surface area contributed by atoms with E-state index in [1.807, 2.05) is 19.1 Å². The number of ether oxygens (including phenoxy) is 1. The van der Waals surface area contributed by atoms with Gasteiger partial charge in [0.1, 0.15) is 10.6 Å². The number of aryl methyl sites for hydroxylation is 2. The first-order chi connectivity index (χ1) is 10.1. The van der Waals surface area contributed by atoms with Gasteiger partial charge in [-0.05, 0) is 24.5 Å². The number of benzene rings is 1. The number of hydrogen-bond acceptors (Lipinski definition) is 4. The van der Waals surface area contributed by atoms with Gasteiger partial charge in [-0.15, -0.1) is 17.8 Å². The SMILES string of the molecule is C#CCOC(=O)c1c(N)sc(C)c1-c1ccc(CC)cc1. The molecule has 1 aromatic heterocycles. The first kappa shape index (κ1) is 15.1. The molecule has 1 heterocycles. The van der Waals surface area contributed by atoms with E-state index in [0.29, 0.717) is 10.6 Å². The van der Waals surface area contributed by atoms with Crippen LogP contribution < -0.4 is 5.73 Å². The molecular formula is C17H17NO2S. The molecule has 0 bridgehead atoms. The zero-order valence-corrected chi connectivity index (χ0v) is 12.9. The predicted octanol–water partition coefficient (Wildman–Crippen LogP) is 3.66. The van der Waals surface area contributed by atoms with Crippen LogP contribution in [0.3, 0.4) is 0 Å². The van der Waals surface area contributed by atoms with Gasteiger partial charge in [0, 0.05) is 10.4 Å². The van der Waals surface area contributed by atoms with Gasteiger partial charge in [-0.3, -0.25) is 0 Å². The molecule has 0 aliphatic heterocycles. The third-order valence-corrected chi connectivity index (χ3v) is 4.19. The predicted molar refractivity (Wildman–Crippen MR) is 87.4 cm³/mol. The van der Waals surface area contributed by atoms with Crippen molar-refractivity contribution in [3.8, 4) is 23.5 Å². The molecule has 0 atom stereocenters. The number of nitrogen functional groups attached to an aromatic ring is 1. The normalized spacial score (nSPS) is 10.1. The zero-order valence-electron chi connectivity index (χ0n) is 12.1. The first-order valence-corrected chi connectivity index (χ1v) is 7.48. The van der Waals surface area contributed by atoms with E-state index in [1.165, 1.54) is 16.9 Å². The van der Waals surface area contributed by atoms with Crippen molar-refractivity contribution in [2.75, 3.05) is 12.3 Å². The molecule has 21 heavy (non-hydrogen) atoms. The molecule has 2 N–H and O–H groups in total. The average molecular weight is 299 g/mol. The fourth-order valence-corrected chi connectivity index (χ4v) is 3.14. The van der Waals surface area contributed by atoms with E-state index in [0.717, 1.165) is 22.4 Å². The average Bonchev–Trinajstić information content (AvgIpc) is 2.79. The third kappa shape index (κ3) is 3.09. The van der Waals surface area contributed by atoms with E-state index in [9.17, 15) is 4.79 Å². The van der Waals surface area contributed by atoms with Gasteiger partial charge in [0.05, 0.1) is 0 Å². The Hall–Kier alpha value is -2.25. The zero-order chi connectivity index (χ0) is 15.4. The van der Waals surface area contributed by atoms with Crippen LogP contribution in [0.5, 0.6) is 0 Å². The molecule has 0 radical (unpaired) electrons. The van der Waals surface area contributed by atoms with Gasteiger partial charge >= 0.3 is 5.97 Å². The number of terminal acetylenes is 1. The molecule has 108 valence electrons. The molecule has 3 nitrogen and oxygen atoms in total. The Kier molecular flexibility index (Phi) is 4.66. The Morgan fingerprint density at radius 3 is 2.62 bits per heavy atom. The largest absolute Gasteiger partial charge is 0.449 e. The van der Waals surface area contributed by atoms with Gasteiger partial charge in [0.15, 0.2) is 6.61 Å². The van der Waals surface area contributed by atoms with Crippen LogP contribution in [-0.2, 0) is 11.2 Å². The lowest BCUT2D eigenvalue weighted by Crippen LogP contribution is -2.08. The summed E-state index contributed by atoms with van der Waals surface area (Å²) in [6.07, 6.45) is 6.10. The molecule has 0 saturated carbocycles. The van der Waals surface area contributed by atoms with Crippen molar-refractivity contribution in [2.45, 2.75) is 20.3 Å². The summed E-state index contributed by atoms with van der Waals surface area (Å²) in [5.74, 6) is 1.82. The van der Waals surface area contributed by atoms with Gasteiger partial charge in [0.25, 0.3) is 0 Å². The van der Waals surface area contributed by atoms with Crippen molar-refractivity contribution in [2.24, 2.45) is 0 Å². The molecule has 0 fully saturated rings. The number of hydrogen-bond donors (Lipinski definition) is 1. The topological polar surface area (TPSA) is 52.3 Å². The van der Waals surface area contributed by atoms with E-state index < -0.39 is 5.97 Å². The van der Waals surface area contributed by atoms with E-state index in [-0.39, 0.29) is 6.61 Å². The van der Waals surface area contributed by atoms with E-state index in [2.05, 4.69) is 25.0 Å². The minimum Gasteiger partial charge on any atom is -0.449 e. The molecule has 0 saturated heterocycles. The summed E-state index contributed by atoms with van der Waals surface area (Å²) in [5.41, 5.74) is 9.43. The van der Waals surface area contributed by atoms with Crippen LogP contribution in [0.2, 0.25) is 0 Å². The van der Waals surface area contributed by atoms with Crippen molar-refractivity contribution in [1.29, 1.82) is 0 Å². The van der Waals surface area contributed by atoms with Crippen LogP contribution in [-0.4, -0.2) is 12.6 Å². The second-order valence-corrected chi connectivity index (χ2v) is 5.86. The molecule has 2 aromatic rings. The van der Waals surface area contributed by atoms with Gasteiger partial charge < -0.3 is 10.5 Å². The Bertz CT molecular complexity index is 693. The van der Waals surface area contributed by atoms with E-state index in [1.54, 1.807) is 0 Å². The monoisotopic (exact) mass is 299 g/mol. The highest BCUT2D eigenvalue weighted by Gasteiger charge is 2.22. The molecule has 0 amide bonds. The smallest absolute Gasteiger partial charge is 0.342 e. The lowest BCUT2D eigenvalue weighted by Gasteiger charge is -2.07. The summed E-state index contributed by atoms with van der Waals surface area (Å²) in [6, 6.07) is 8.12. The molecule has 0 aliphatic carbocycles. The maximum absolute atomic E-state index is 12.2. The molecule has 2 rings (SSSR count). The fourth-order valence-electron chi connectivity index (χ4n) is 2.20. The summed E-state index contributed by atoms with van der Waals surface area (Å²) >= 11 is 1.39. The highest BCUT2D eigenvalue weighted by molar-refractivity contribution is 7.16. The maximum Gasteiger partial charge on any atom is 0.342 e. The first-order valence-electron chi connectivity index (χ1n) is 6.67. The lowest BCUT2D eigenvalue weighted by atomic mass is 9.99. The van der Waals surface area contributed by atoms with Crippen LogP contribution >= 0.6 is 11.3 Å². The summed E-state index contributed by atoms with van der Waals surface area (Å²) in [6.45, 7) is 3.99. The van der Waals surface area contributed by atoms with Crippen LogP contribution in [0.15, 0.2) is 24.3 Å². The standard InChI is InChI=1S/C17H17NO2S/c1-4-10-20-17(19)15-14(11(3)21-16(15)18)13-8-6-12(5-2)7-9-13/h1,6-9H,5,10,18H2,2-3H3. The highest BCUT2D eigenvalue weighted by Crippen LogP contribution is 2.38. The summed E-state index contributed by atoms with van der Waals surface area (Å²) in [4.78, 5) is 13.2. The van der Waals surface area contributed by atoms with E-state index >= 15 is 0 Å². The van der Waals surface area contributed by atoms with E-state index in [4.69, 9.17) is 16.9 Å². The fraction of sp³-hybridized carbons (Fsp3) is 0.235. The number of anilines is 1. The molecular weight excluding hydrogens is 282 g/mol. The minimum absolute atomic E-state index is 0.0542. The van der Waals surface area contributed by atoms with Crippen LogP contribution in [0.25, 0.3) is 11.1 Å². The number of esters is 1. The number of thiophene rings is 1. The Labute approximate surface area is 128 Å². The van der Waals surface area contributed by atoms with Gasteiger partial charge in [0.2, 0.25) is 0 Å². The molecule has 1 aromatic carbocycles. The number of carbonyl (C=O) groups is 1. The van der Waals surface area contributed by atoms with Crippen LogP contribution in [0.1, 0.15) is 27.7 Å². The van der Waals surface area contributed by atoms with Crippen LogP contribution in [0, 0.1) is 19.3 Å². The molecule has 0 spiro atoms.